The molecule has 0 aromatic carbocycles. The molecule has 2 aromatic heterocycles. The first-order chi connectivity index (χ1) is 3.97. The van der Waals surface area contributed by atoms with Gasteiger partial charge in [0.2, 0.25) is 0 Å². The molecular weight excluding hydrogens is 122 g/mol. The first-order valence-electron chi connectivity index (χ1n) is 2.17. The number of thiophene rings is 1. The fourth-order valence-corrected chi connectivity index (χ4v) is 1.20. The lowest BCUT2D eigenvalue weighted by Gasteiger charge is -1.61. The van der Waals surface area contributed by atoms with Crippen molar-refractivity contribution in [1.29, 1.82) is 0 Å². The molecule has 2 heterocycles. The SMILES string of the molecule is [c]1nc2sccc2o1. The number of hydrogen-bond acceptors (Lipinski definition) is 3. The minimum absolute atomic E-state index is 0.829. The second-order valence-corrected chi connectivity index (χ2v) is 2.29. The van der Waals surface area contributed by atoms with E-state index in [1.54, 1.807) is 11.3 Å². The summed E-state index contributed by atoms with van der Waals surface area (Å²) in [6.45, 7) is 0. The van der Waals surface area contributed by atoms with Gasteiger partial charge in [-0.15, -0.1) is 11.3 Å². The van der Waals surface area contributed by atoms with Gasteiger partial charge in [-0.3, -0.25) is 0 Å². The Labute approximate surface area is 49.8 Å². The maximum absolute atomic E-state index is 4.83. The minimum Gasteiger partial charge on any atom is -0.431 e. The van der Waals surface area contributed by atoms with Crippen LogP contribution in [0.3, 0.4) is 0 Å². The second kappa shape index (κ2) is 1.32. The maximum Gasteiger partial charge on any atom is 0.285 e. The van der Waals surface area contributed by atoms with Gasteiger partial charge >= 0.3 is 0 Å². The molecule has 2 rings (SSSR count). The van der Waals surface area contributed by atoms with Crippen LogP contribution in [0.1, 0.15) is 0 Å². The summed E-state index contributed by atoms with van der Waals surface area (Å²) < 4.78 is 4.83. The molecule has 1 radical (unpaired) electrons. The van der Waals surface area contributed by atoms with Gasteiger partial charge in [0.15, 0.2) is 10.4 Å². The largest absolute Gasteiger partial charge is 0.431 e. The summed E-state index contributed by atoms with van der Waals surface area (Å²) in [5.41, 5.74) is 0.829. The molecule has 0 aliphatic heterocycles. The summed E-state index contributed by atoms with van der Waals surface area (Å²) in [5.74, 6) is 0. The first kappa shape index (κ1) is 4.09. The Balaban J connectivity index is 3.06. The smallest absolute Gasteiger partial charge is 0.285 e. The molecular formula is C5H2NOS. The Hall–Kier alpha value is -0.830. The van der Waals surface area contributed by atoms with Gasteiger partial charge in [-0.25, -0.2) is 0 Å². The quantitative estimate of drug-likeness (QED) is 0.534. The number of nitrogens with zero attached hydrogens (tertiary/aromatic N) is 1. The number of fused-ring (bicyclic) bond motifs is 1. The zero-order valence-electron chi connectivity index (χ0n) is 3.92. The molecule has 2 aromatic rings. The number of aromatic nitrogens is 1. The van der Waals surface area contributed by atoms with Crippen LogP contribution < -0.4 is 0 Å². The highest BCUT2D eigenvalue weighted by Crippen LogP contribution is 2.16. The minimum atomic E-state index is 0.829. The molecule has 0 amide bonds. The third-order valence-corrected chi connectivity index (χ3v) is 1.70. The van der Waals surface area contributed by atoms with Gasteiger partial charge in [0.25, 0.3) is 6.39 Å². The highest BCUT2D eigenvalue weighted by Gasteiger charge is 1.95. The molecule has 8 heavy (non-hydrogen) atoms. The molecule has 0 aliphatic carbocycles. The van der Waals surface area contributed by atoms with E-state index >= 15 is 0 Å². The van der Waals surface area contributed by atoms with Crippen molar-refractivity contribution in [2.45, 2.75) is 0 Å². The molecule has 3 heteroatoms. The Kier molecular flexibility index (Phi) is 0.676. The molecule has 0 atom stereocenters. The van der Waals surface area contributed by atoms with Crippen molar-refractivity contribution in [2.24, 2.45) is 0 Å². The van der Waals surface area contributed by atoms with Crippen molar-refractivity contribution in [3.8, 4) is 0 Å². The van der Waals surface area contributed by atoms with Crippen molar-refractivity contribution < 1.29 is 4.42 Å². The molecule has 0 bridgehead atoms. The van der Waals surface area contributed by atoms with E-state index in [-0.39, 0.29) is 0 Å². The molecule has 0 spiro atoms. The van der Waals surface area contributed by atoms with E-state index in [2.05, 4.69) is 11.4 Å². The van der Waals surface area contributed by atoms with Crippen LogP contribution in [0.5, 0.6) is 0 Å². The first-order valence-corrected chi connectivity index (χ1v) is 3.05. The van der Waals surface area contributed by atoms with Crippen molar-refractivity contribution in [2.75, 3.05) is 0 Å². The van der Waals surface area contributed by atoms with Gasteiger partial charge in [-0.1, -0.05) is 0 Å². The lowest BCUT2D eigenvalue weighted by Crippen LogP contribution is -1.46. The van der Waals surface area contributed by atoms with Crippen LogP contribution in [-0.2, 0) is 0 Å². The van der Waals surface area contributed by atoms with E-state index < -0.39 is 0 Å². The van der Waals surface area contributed by atoms with Gasteiger partial charge < -0.3 is 4.42 Å². The topological polar surface area (TPSA) is 26.0 Å². The van der Waals surface area contributed by atoms with E-state index in [1.807, 2.05) is 11.4 Å². The summed E-state index contributed by atoms with van der Waals surface area (Å²) in [6, 6.07) is 1.88. The van der Waals surface area contributed by atoms with Crippen LogP contribution in [0.25, 0.3) is 10.4 Å². The van der Waals surface area contributed by atoms with Crippen molar-refractivity contribution in [1.82, 2.24) is 4.98 Å². The van der Waals surface area contributed by atoms with Crippen LogP contribution >= 0.6 is 11.3 Å². The van der Waals surface area contributed by atoms with Gasteiger partial charge in [0, 0.05) is 0 Å². The van der Waals surface area contributed by atoms with Crippen LogP contribution in [0.15, 0.2) is 15.9 Å². The third-order valence-electron chi connectivity index (χ3n) is 0.913. The van der Waals surface area contributed by atoms with E-state index in [1.165, 1.54) is 0 Å². The lowest BCUT2D eigenvalue weighted by molar-refractivity contribution is 0.591. The normalized spacial score (nSPS) is 10.5. The summed E-state index contributed by atoms with van der Waals surface area (Å²) in [6.07, 6.45) is 2.40. The van der Waals surface area contributed by atoms with E-state index in [0.29, 0.717) is 0 Å². The van der Waals surface area contributed by atoms with Crippen molar-refractivity contribution in [3.05, 3.63) is 17.8 Å². The van der Waals surface area contributed by atoms with Gasteiger partial charge in [0.05, 0.1) is 0 Å². The molecule has 0 unspecified atom stereocenters. The number of oxazole rings is 1. The Bertz CT molecular complexity index is 234. The van der Waals surface area contributed by atoms with Crippen molar-refractivity contribution in [3.63, 3.8) is 0 Å². The van der Waals surface area contributed by atoms with Crippen LogP contribution in [-0.4, -0.2) is 4.98 Å². The molecule has 0 fully saturated rings. The maximum atomic E-state index is 4.83. The molecule has 0 N–H and O–H groups in total. The zero-order chi connectivity index (χ0) is 5.40. The summed E-state index contributed by atoms with van der Waals surface area (Å²) >= 11 is 1.56. The molecule has 0 saturated heterocycles. The predicted octanol–water partition coefficient (Wildman–Crippen LogP) is 1.69. The highest BCUT2D eigenvalue weighted by molar-refractivity contribution is 7.16. The van der Waals surface area contributed by atoms with Gasteiger partial charge in [-0.2, -0.15) is 4.98 Å². The standard InChI is InChI=1S/C5H2NOS/c1-2-8-5-4(1)7-3-6-5/h1-2H. The number of rotatable bonds is 0. The van der Waals surface area contributed by atoms with E-state index in [4.69, 9.17) is 4.42 Å². The number of hydrogen-bond donors (Lipinski definition) is 0. The van der Waals surface area contributed by atoms with E-state index in [9.17, 15) is 0 Å². The molecule has 0 aliphatic rings. The monoisotopic (exact) mass is 124 g/mol. The highest BCUT2D eigenvalue weighted by atomic mass is 32.1. The Morgan fingerprint density at radius 1 is 1.75 bits per heavy atom. The fraction of sp³-hybridized carbons (Fsp3) is 0. The summed E-state index contributed by atoms with van der Waals surface area (Å²) in [4.78, 5) is 4.73. The molecule has 2 nitrogen and oxygen atoms in total. The third kappa shape index (κ3) is 0.391. The van der Waals surface area contributed by atoms with Gasteiger partial charge in [0.1, 0.15) is 0 Å². The molecule has 0 saturated carbocycles. The van der Waals surface area contributed by atoms with E-state index in [0.717, 1.165) is 10.4 Å². The summed E-state index contributed by atoms with van der Waals surface area (Å²) in [5, 5.41) is 1.94. The lowest BCUT2D eigenvalue weighted by atomic mass is 10.6. The predicted molar refractivity (Wildman–Crippen MR) is 30.7 cm³/mol. The van der Waals surface area contributed by atoms with Crippen molar-refractivity contribution >= 4 is 21.8 Å². The average Bonchev–Trinajstić information content (AvgIpc) is 2.15. The van der Waals surface area contributed by atoms with Crippen LogP contribution in [0.4, 0.5) is 0 Å². The summed E-state index contributed by atoms with van der Waals surface area (Å²) in [7, 11) is 0. The fourth-order valence-electron chi connectivity index (χ4n) is 0.562. The Morgan fingerprint density at radius 2 is 2.75 bits per heavy atom. The van der Waals surface area contributed by atoms with Gasteiger partial charge in [-0.05, 0) is 11.4 Å². The zero-order valence-corrected chi connectivity index (χ0v) is 4.73. The average molecular weight is 124 g/mol. The second-order valence-electron chi connectivity index (χ2n) is 1.40. The van der Waals surface area contributed by atoms with Crippen LogP contribution in [0.2, 0.25) is 0 Å². The Morgan fingerprint density at radius 3 is 3.62 bits per heavy atom. The van der Waals surface area contributed by atoms with Crippen LogP contribution in [0, 0.1) is 6.39 Å². The molecule has 39 valence electrons.